The molecule has 1 saturated carbocycles. The van der Waals surface area contributed by atoms with E-state index in [1.165, 1.54) is 23.8 Å². The van der Waals surface area contributed by atoms with Gasteiger partial charge in [0.2, 0.25) is 5.88 Å². The number of aromatic nitrogens is 1. The second-order valence-corrected chi connectivity index (χ2v) is 9.08. The van der Waals surface area contributed by atoms with Gasteiger partial charge < -0.3 is 5.11 Å². The quantitative estimate of drug-likeness (QED) is 0.486. The fourth-order valence-electron chi connectivity index (χ4n) is 4.43. The van der Waals surface area contributed by atoms with Gasteiger partial charge in [0.25, 0.3) is 0 Å². The first-order valence-corrected chi connectivity index (χ1v) is 11.5. The zero-order chi connectivity index (χ0) is 21.4. The normalized spacial score (nSPS) is 18.5. The molecule has 0 atom stereocenters. The summed E-state index contributed by atoms with van der Waals surface area (Å²) in [5.41, 5.74) is 4.21. The second kappa shape index (κ2) is 8.27. The number of aromatic hydroxyl groups is 1. The molecule has 0 saturated heterocycles. The molecule has 2 heterocycles. The standard InChI is InChI=1S/C25H24FN3OS/c1-16-19(18-11-5-7-13-21(18)27-16)15-23-24(30)29(17-9-3-2-4-10-17)25(31-23)28-22-14-8-6-12-20(22)26/h5-8,11-15,17,30H,2-4,9-10H2,1H3/b19-15-,28-25?. The summed E-state index contributed by atoms with van der Waals surface area (Å²) in [6.45, 7) is 1.98. The van der Waals surface area contributed by atoms with Crippen molar-refractivity contribution in [2.45, 2.75) is 45.1 Å². The average Bonchev–Trinajstić information content (AvgIpc) is 3.26. The number of hydrogen-bond donors (Lipinski definition) is 1. The molecule has 3 aromatic rings. The highest BCUT2D eigenvalue weighted by molar-refractivity contribution is 7.10. The Morgan fingerprint density at radius 1 is 1.10 bits per heavy atom. The van der Waals surface area contributed by atoms with Crippen molar-refractivity contribution >= 4 is 40.1 Å². The fraction of sp³-hybridized carbons (Fsp3) is 0.280. The van der Waals surface area contributed by atoms with Crippen LogP contribution >= 0.6 is 11.3 Å². The minimum atomic E-state index is -0.363. The lowest BCUT2D eigenvalue weighted by molar-refractivity contribution is 0.307. The lowest BCUT2D eigenvalue weighted by atomic mass is 9.95. The molecule has 1 aromatic heterocycles. The van der Waals surface area contributed by atoms with Crippen LogP contribution in [-0.2, 0) is 0 Å². The Bertz CT molecular complexity index is 1260. The molecule has 6 heteroatoms. The molecule has 0 amide bonds. The zero-order valence-electron chi connectivity index (χ0n) is 17.4. The minimum Gasteiger partial charge on any atom is -0.493 e. The number of thiazole rings is 1. The topological polar surface area (TPSA) is 49.9 Å². The van der Waals surface area contributed by atoms with E-state index in [0.29, 0.717) is 4.80 Å². The van der Waals surface area contributed by atoms with E-state index in [9.17, 15) is 9.50 Å². The molecule has 2 aliphatic rings. The molecule has 1 aliphatic carbocycles. The minimum absolute atomic E-state index is 0.174. The van der Waals surface area contributed by atoms with Crippen LogP contribution in [-0.4, -0.2) is 15.4 Å². The predicted octanol–water partition coefficient (Wildman–Crippen LogP) is 6.78. The van der Waals surface area contributed by atoms with Crippen LogP contribution in [0.1, 0.15) is 55.5 Å². The molecule has 31 heavy (non-hydrogen) atoms. The Labute approximate surface area is 184 Å². The van der Waals surface area contributed by atoms with Crippen molar-refractivity contribution in [1.82, 2.24) is 4.57 Å². The van der Waals surface area contributed by atoms with Crippen LogP contribution in [0.15, 0.2) is 58.5 Å². The van der Waals surface area contributed by atoms with Gasteiger partial charge in [-0.3, -0.25) is 9.56 Å². The Morgan fingerprint density at radius 2 is 1.84 bits per heavy atom. The largest absolute Gasteiger partial charge is 0.493 e. The molecule has 5 rings (SSSR count). The van der Waals surface area contributed by atoms with E-state index in [4.69, 9.17) is 0 Å². The summed E-state index contributed by atoms with van der Waals surface area (Å²) in [7, 11) is 0. The Morgan fingerprint density at radius 3 is 2.65 bits per heavy atom. The molecule has 1 aliphatic heterocycles. The van der Waals surface area contributed by atoms with Crippen molar-refractivity contribution in [3.05, 3.63) is 69.6 Å². The molecule has 0 radical (unpaired) electrons. The molecule has 0 bridgehead atoms. The third-order valence-corrected chi connectivity index (χ3v) is 7.00. The highest BCUT2D eigenvalue weighted by Gasteiger charge is 2.24. The molecule has 1 N–H and O–H groups in total. The fourth-order valence-corrected chi connectivity index (χ4v) is 5.48. The average molecular weight is 434 g/mol. The number of fused-ring (bicyclic) bond motifs is 1. The highest BCUT2D eigenvalue weighted by atomic mass is 32.1. The molecule has 1 fully saturated rings. The molecular weight excluding hydrogens is 409 g/mol. The SMILES string of the molecule is CC1=Nc2ccccc2/C1=C\c1sc(=Nc2ccccc2F)n(C2CCCCC2)c1O. The summed E-state index contributed by atoms with van der Waals surface area (Å²) in [5, 5.41) is 11.2. The molecule has 0 spiro atoms. The maximum absolute atomic E-state index is 14.3. The Balaban J connectivity index is 1.67. The maximum atomic E-state index is 14.3. The summed E-state index contributed by atoms with van der Waals surface area (Å²) in [6.07, 6.45) is 7.45. The smallest absolute Gasteiger partial charge is 0.211 e. The van der Waals surface area contributed by atoms with Crippen molar-refractivity contribution in [3.63, 3.8) is 0 Å². The highest BCUT2D eigenvalue weighted by Crippen LogP contribution is 2.39. The van der Waals surface area contributed by atoms with Gasteiger partial charge >= 0.3 is 0 Å². The monoisotopic (exact) mass is 433 g/mol. The third kappa shape index (κ3) is 3.76. The van der Waals surface area contributed by atoms with Crippen LogP contribution in [0.5, 0.6) is 5.88 Å². The van der Waals surface area contributed by atoms with Crippen LogP contribution in [0.25, 0.3) is 11.6 Å². The molecular formula is C25H24FN3OS. The lowest BCUT2D eigenvalue weighted by Gasteiger charge is -2.23. The number of hydrogen-bond acceptors (Lipinski definition) is 4. The van der Waals surface area contributed by atoms with Gasteiger partial charge in [-0.1, -0.05) is 60.9 Å². The van der Waals surface area contributed by atoms with Gasteiger partial charge in [-0.25, -0.2) is 9.38 Å². The van der Waals surface area contributed by atoms with E-state index in [1.54, 1.807) is 18.2 Å². The number of halogens is 1. The summed E-state index contributed by atoms with van der Waals surface area (Å²) in [6, 6.07) is 14.7. The van der Waals surface area contributed by atoms with E-state index < -0.39 is 0 Å². The Kier molecular flexibility index (Phi) is 5.32. The number of allylic oxidation sites excluding steroid dienone is 1. The number of para-hydroxylation sites is 2. The van der Waals surface area contributed by atoms with E-state index in [1.807, 2.05) is 41.8 Å². The van der Waals surface area contributed by atoms with Crippen molar-refractivity contribution in [1.29, 1.82) is 0 Å². The van der Waals surface area contributed by atoms with Gasteiger partial charge in [-0.2, -0.15) is 0 Å². The van der Waals surface area contributed by atoms with Gasteiger partial charge in [0.1, 0.15) is 11.5 Å². The summed E-state index contributed by atoms with van der Waals surface area (Å²) >= 11 is 1.40. The summed E-state index contributed by atoms with van der Waals surface area (Å²) < 4.78 is 16.2. The zero-order valence-corrected chi connectivity index (χ0v) is 18.2. The van der Waals surface area contributed by atoms with Crippen LogP contribution in [0.4, 0.5) is 15.8 Å². The summed E-state index contributed by atoms with van der Waals surface area (Å²) in [4.78, 5) is 10.6. The number of benzene rings is 2. The van der Waals surface area contributed by atoms with Crippen LogP contribution in [0.3, 0.4) is 0 Å². The van der Waals surface area contributed by atoms with Crippen LogP contribution < -0.4 is 4.80 Å². The first kappa shape index (κ1) is 19.9. The number of rotatable bonds is 3. The number of aliphatic imine (C=N–C) groups is 1. The first-order chi connectivity index (χ1) is 15.1. The lowest BCUT2D eigenvalue weighted by Crippen LogP contribution is -2.22. The molecule has 2 aromatic carbocycles. The van der Waals surface area contributed by atoms with E-state index in [0.717, 1.165) is 53.1 Å². The van der Waals surface area contributed by atoms with E-state index >= 15 is 0 Å². The Hall–Kier alpha value is -2.99. The summed E-state index contributed by atoms with van der Waals surface area (Å²) in [5.74, 6) is -0.158. The van der Waals surface area contributed by atoms with Crippen molar-refractivity contribution in [2.75, 3.05) is 0 Å². The van der Waals surface area contributed by atoms with Gasteiger partial charge in [-0.05, 0) is 44.0 Å². The van der Waals surface area contributed by atoms with Gasteiger partial charge in [0.05, 0.1) is 10.6 Å². The molecule has 158 valence electrons. The van der Waals surface area contributed by atoms with Crippen molar-refractivity contribution < 1.29 is 9.50 Å². The van der Waals surface area contributed by atoms with Crippen LogP contribution in [0, 0.1) is 5.82 Å². The maximum Gasteiger partial charge on any atom is 0.211 e. The van der Waals surface area contributed by atoms with E-state index in [2.05, 4.69) is 9.98 Å². The van der Waals surface area contributed by atoms with Crippen molar-refractivity contribution in [3.8, 4) is 5.88 Å². The molecule has 0 unspecified atom stereocenters. The van der Waals surface area contributed by atoms with Crippen molar-refractivity contribution in [2.24, 2.45) is 9.98 Å². The number of nitrogens with zero attached hydrogens (tertiary/aromatic N) is 3. The third-order valence-electron chi connectivity index (χ3n) is 6.01. The second-order valence-electron chi connectivity index (χ2n) is 8.07. The van der Waals surface area contributed by atoms with Gasteiger partial charge in [-0.15, -0.1) is 0 Å². The van der Waals surface area contributed by atoms with E-state index in [-0.39, 0.29) is 23.4 Å². The van der Waals surface area contributed by atoms with Gasteiger partial charge in [0, 0.05) is 22.9 Å². The van der Waals surface area contributed by atoms with Crippen LogP contribution in [0.2, 0.25) is 0 Å². The first-order valence-electron chi connectivity index (χ1n) is 10.7. The molecule has 4 nitrogen and oxygen atoms in total. The van der Waals surface area contributed by atoms with Gasteiger partial charge in [0.15, 0.2) is 4.80 Å². The predicted molar refractivity (Wildman–Crippen MR) is 125 cm³/mol.